The van der Waals surface area contributed by atoms with E-state index < -0.39 is 0 Å². The van der Waals surface area contributed by atoms with Crippen molar-refractivity contribution in [3.8, 4) is 0 Å². The van der Waals surface area contributed by atoms with Gasteiger partial charge in [0.05, 0.1) is 12.3 Å². The van der Waals surface area contributed by atoms with Gasteiger partial charge in [-0.1, -0.05) is 0 Å². The Bertz CT molecular complexity index is 356. The van der Waals surface area contributed by atoms with Gasteiger partial charge in [0.1, 0.15) is 5.76 Å². The Kier molecular flexibility index (Phi) is 3.81. The van der Waals surface area contributed by atoms with Crippen molar-refractivity contribution in [3.63, 3.8) is 0 Å². The molecule has 0 radical (unpaired) electrons. The number of carbonyl (C=O) groups is 1. The zero-order chi connectivity index (χ0) is 12.3. The summed E-state index contributed by atoms with van der Waals surface area (Å²) < 4.78 is 5.28. The molecule has 1 saturated heterocycles. The van der Waals surface area contributed by atoms with Gasteiger partial charge in [-0.2, -0.15) is 0 Å². The van der Waals surface area contributed by atoms with Gasteiger partial charge in [-0.3, -0.25) is 9.69 Å². The minimum absolute atomic E-state index is 0.0890. The maximum atomic E-state index is 11.2. The fourth-order valence-corrected chi connectivity index (χ4v) is 2.12. The maximum absolute atomic E-state index is 11.2. The van der Waals surface area contributed by atoms with Gasteiger partial charge in [-0.05, 0) is 12.1 Å². The van der Waals surface area contributed by atoms with Crippen LogP contribution in [-0.4, -0.2) is 48.4 Å². The normalized spacial score (nSPS) is 19.3. The third-order valence-electron chi connectivity index (χ3n) is 3.18. The lowest BCUT2D eigenvalue weighted by molar-refractivity contribution is -0.130. The molecule has 0 bridgehead atoms. The van der Waals surface area contributed by atoms with Crippen molar-refractivity contribution in [2.45, 2.75) is 13.0 Å². The number of nitrogens with zero attached hydrogens (tertiary/aromatic N) is 2. The molecule has 17 heavy (non-hydrogen) atoms. The van der Waals surface area contributed by atoms with E-state index in [2.05, 4.69) is 4.90 Å². The van der Waals surface area contributed by atoms with Crippen molar-refractivity contribution in [2.24, 2.45) is 5.73 Å². The predicted molar refractivity (Wildman–Crippen MR) is 64.3 cm³/mol. The van der Waals surface area contributed by atoms with E-state index in [0.717, 1.165) is 38.5 Å². The lowest BCUT2D eigenvalue weighted by Gasteiger charge is -2.35. The highest BCUT2D eigenvalue weighted by Crippen LogP contribution is 2.13. The van der Waals surface area contributed by atoms with Crippen molar-refractivity contribution in [1.29, 1.82) is 0 Å². The number of amides is 1. The summed E-state index contributed by atoms with van der Waals surface area (Å²) in [5.41, 5.74) is 6.05. The summed E-state index contributed by atoms with van der Waals surface area (Å²) in [7, 11) is 0. The Morgan fingerprint density at radius 3 is 2.71 bits per heavy atom. The zero-order valence-corrected chi connectivity index (χ0v) is 10.1. The molecule has 1 atom stereocenters. The highest BCUT2D eigenvalue weighted by atomic mass is 16.3. The van der Waals surface area contributed by atoms with Crippen molar-refractivity contribution in [1.82, 2.24) is 9.80 Å². The van der Waals surface area contributed by atoms with Crippen LogP contribution in [-0.2, 0) is 4.79 Å². The van der Waals surface area contributed by atoms with E-state index in [9.17, 15) is 4.79 Å². The molecule has 0 aromatic carbocycles. The van der Waals surface area contributed by atoms with Gasteiger partial charge in [-0.15, -0.1) is 0 Å². The summed E-state index contributed by atoms with van der Waals surface area (Å²) >= 11 is 0. The largest absolute Gasteiger partial charge is 0.468 e. The molecule has 5 nitrogen and oxygen atoms in total. The average molecular weight is 237 g/mol. The number of piperazine rings is 1. The molecular weight excluding hydrogens is 218 g/mol. The number of nitrogens with two attached hydrogens (primary N) is 1. The number of hydrogen-bond donors (Lipinski definition) is 1. The highest BCUT2D eigenvalue weighted by molar-refractivity contribution is 5.73. The van der Waals surface area contributed by atoms with E-state index in [0.29, 0.717) is 0 Å². The minimum atomic E-state index is -0.0890. The van der Waals surface area contributed by atoms with Crippen LogP contribution in [0.5, 0.6) is 0 Å². The molecule has 94 valence electrons. The molecule has 1 aliphatic rings. The summed E-state index contributed by atoms with van der Waals surface area (Å²) in [6.45, 7) is 5.74. The molecule has 0 spiro atoms. The predicted octanol–water partition coefficient (Wildman–Crippen LogP) is 0.444. The molecule has 1 aliphatic heterocycles. The van der Waals surface area contributed by atoms with E-state index in [1.807, 2.05) is 17.0 Å². The topological polar surface area (TPSA) is 62.7 Å². The first-order valence-electron chi connectivity index (χ1n) is 5.93. The quantitative estimate of drug-likeness (QED) is 0.828. The molecule has 1 unspecified atom stereocenters. The molecule has 0 saturated carbocycles. The number of rotatable bonds is 3. The van der Waals surface area contributed by atoms with Crippen LogP contribution in [0, 0.1) is 0 Å². The molecule has 1 fully saturated rings. The van der Waals surface area contributed by atoms with E-state index in [4.69, 9.17) is 10.2 Å². The second-order valence-corrected chi connectivity index (χ2v) is 4.43. The van der Waals surface area contributed by atoms with Gasteiger partial charge in [0, 0.05) is 39.6 Å². The van der Waals surface area contributed by atoms with Gasteiger partial charge >= 0.3 is 0 Å². The van der Waals surface area contributed by atoms with Crippen LogP contribution >= 0.6 is 0 Å². The molecular formula is C12H19N3O2. The second kappa shape index (κ2) is 5.33. The average Bonchev–Trinajstić information content (AvgIpc) is 2.83. The smallest absolute Gasteiger partial charge is 0.219 e. The first-order chi connectivity index (χ1) is 8.16. The van der Waals surface area contributed by atoms with Crippen molar-refractivity contribution in [2.75, 3.05) is 32.7 Å². The van der Waals surface area contributed by atoms with Crippen LogP contribution in [0.15, 0.2) is 22.8 Å². The van der Waals surface area contributed by atoms with E-state index in [1.54, 1.807) is 13.2 Å². The van der Waals surface area contributed by atoms with Gasteiger partial charge in [0.25, 0.3) is 0 Å². The zero-order valence-electron chi connectivity index (χ0n) is 10.1. The summed E-state index contributed by atoms with van der Waals surface area (Å²) in [6, 6.07) is 3.66. The van der Waals surface area contributed by atoms with Crippen LogP contribution in [0.4, 0.5) is 0 Å². The Hall–Kier alpha value is -1.33. The summed E-state index contributed by atoms with van der Waals surface area (Å²) in [5.74, 6) is 0.971. The SMILES string of the molecule is CC(=O)N1CCN(CC(N)c2ccco2)CC1. The van der Waals surface area contributed by atoms with Crippen LogP contribution in [0.3, 0.4) is 0 Å². The van der Waals surface area contributed by atoms with Crippen LogP contribution < -0.4 is 5.73 Å². The molecule has 1 aromatic heterocycles. The molecule has 0 aliphatic carbocycles. The van der Waals surface area contributed by atoms with Crippen molar-refractivity contribution < 1.29 is 9.21 Å². The van der Waals surface area contributed by atoms with Crippen molar-refractivity contribution >= 4 is 5.91 Å². The maximum Gasteiger partial charge on any atom is 0.219 e. The Labute approximate surface area is 101 Å². The fourth-order valence-electron chi connectivity index (χ4n) is 2.12. The summed E-state index contributed by atoms with van der Waals surface area (Å²) in [5, 5.41) is 0. The number of hydrogen-bond acceptors (Lipinski definition) is 4. The Morgan fingerprint density at radius 2 is 2.18 bits per heavy atom. The molecule has 1 aromatic rings. The Balaban J connectivity index is 1.80. The summed E-state index contributed by atoms with van der Waals surface area (Å²) in [6.07, 6.45) is 1.64. The molecule has 2 N–H and O–H groups in total. The number of furan rings is 1. The molecule has 2 rings (SSSR count). The van der Waals surface area contributed by atoms with E-state index >= 15 is 0 Å². The second-order valence-electron chi connectivity index (χ2n) is 4.43. The van der Waals surface area contributed by atoms with Gasteiger partial charge in [0.2, 0.25) is 5.91 Å². The first-order valence-corrected chi connectivity index (χ1v) is 5.93. The molecule has 2 heterocycles. The Morgan fingerprint density at radius 1 is 1.47 bits per heavy atom. The third-order valence-corrected chi connectivity index (χ3v) is 3.18. The standard InChI is InChI=1S/C12H19N3O2/c1-10(16)15-6-4-14(5-7-15)9-11(13)12-3-2-8-17-12/h2-3,8,11H,4-7,9,13H2,1H3. The van der Waals surface area contributed by atoms with E-state index in [1.165, 1.54) is 0 Å². The minimum Gasteiger partial charge on any atom is -0.468 e. The van der Waals surface area contributed by atoms with Gasteiger partial charge in [0.15, 0.2) is 0 Å². The van der Waals surface area contributed by atoms with Crippen molar-refractivity contribution in [3.05, 3.63) is 24.2 Å². The molecule has 5 heteroatoms. The lowest BCUT2D eigenvalue weighted by Crippen LogP contribution is -2.49. The monoisotopic (exact) mass is 237 g/mol. The molecule has 1 amide bonds. The van der Waals surface area contributed by atoms with Gasteiger partial charge in [-0.25, -0.2) is 0 Å². The van der Waals surface area contributed by atoms with Crippen LogP contribution in [0.2, 0.25) is 0 Å². The highest BCUT2D eigenvalue weighted by Gasteiger charge is 2.21. The van der Waals surface area contributed by atoms with E-state index in [-0.39, 0.29) is 11.9 Å². The van der Waals surface area contributed by atoms with Gasteiger partial charge < -0.3 is 15.1 Å². The third kappa shape index (κ3) is 3.08. The summed E-state index contributed by atoms with van der Waals surface area (Å²) in [4.78, 5) is 15.3. The van der Waals surface area contributed by atoms with Crippen LogP contribution in [0.1, 0.15) is 18.7 Å². The first kappa shape index (κ1) is 12.1. The van der Waals surface area contributed by atoms with Crippen LogP contribution in [0.25, 0.3) is 0 Å². The lowest BCUT2D eigenvalue weighted by atomic mass is 10.2. The fraction of sp³-hybridized carbons (Fsp3) is 0.583. The number of carbonyl (C=O) groups excluding carboxylic acids is 1.